The van der Waals surface area contributed by atoms with Crippen LogP contribution in [-0.2, 0) is 9.59 Å². The van der Waals surface area contributed by atoms with Crippen molar-refractivity contribution in [1.82, 2.24) is 0 Å². The molecule has 0 aliphatic heterocycles. The summed E-state index contributed by atoms with van der Waals surface area (Å²) < 4.78 is 0. The first kappa shape index (κ1) is 10.6. The van der Waals surface area contributed by atoms with Gasteiger partial charge in [-0.25, -0.2) is 0 Å². The summed E-state index contributed by atoms with van der Waals surface area (Å²) in [5.74, 6) is 2.32. The summed E-state index contributed by atoms with van der Waals surface area (Å²) in [7, 11) is 0. The van der Waals surface area contributed by atoms with Crippen molar-refractivity contribution in [1.29, 1.82) is 0 Å². The largest absolute Gasteiger partial charge is 0.294 e. The zero-order chi connectivity index (χ0) is 12.7. The van der Waals surface area contributed by atoms with E-state index in [1.807, 2.05) is 0 Å². The fourth-order valence-electron chi connectivity index (χ4n) is 5.67. The third kappa shape index (κ3) is 1.11. The summed E-state index contributed by atoms with van der Waals surface area (Å²) in [5.41, 5.74) is 1.99. The van der Waals surface area contributed by atoms with Crippen molar-refractivity contribution in [2.45, 2.75) is 32.1 Å². The molecule has 6 aliphatic carbocycles. The summed E-state index contributed by atoms with van der Waals surface area (Å²) in [5, 5.41) is 0. The van der Waals surface area contributed by atoms with Gasteiger partial charge in [-0.3, -0.25) is 9.59 Å². The summed E-state index contributed by atoms with van der Waals surface area (Å²) >= 11 is 0. The molecular weight excluding hydrogens is 236 g/mol. The lowest BCUT2D eigenvalue weighted by atomic mass is 9.57. The molecule has 0 aromatic carbocycles. The predicted octanol–water partition coefficient (Wildman–Crippen LogP) is 2.69. The summed E-state index contributed by atoms with van der Waals surface area (Å²) in [4.78, 5) is 25.8. The van der Waals surface area contributed by atoms with Gasteiger partial charge in [0.15, 0.2) is 11.6 Å². The van der Waals surface area contributed by atoms with Crippen LogP contribution in [0.15, 0.2) is 23.3 Å². The van der Waals surface area contributed by atoms with Gasteiger partial charge in [-0.15, -0.1) is 0 Å². The zero-order valence-corrected chi connectivity index (χ0v) is 11.0. The number of Topliss-reactive ketones (excluding diaryl/α,β-unsaturated/α-hetero) is 2. The van der Waals surface area contributed by atoms with Crippen LogP contribution in [0.4, 0.5) is 0 Å². The Hall–Kier alpha value is -1.18. The molecule has 4 bridgehead atoms. The molecule has 0 saturated heterocycles. The van der Waals surface area contributed by atoms with Crippen LogP contribution in [0.5, 0.6) is 0 Å². The zero-order valence-electron chi connectivity index (χ0n) is 11.0. The van der Waals surface area contributed by atoms with E-state index in [1.165, 1.54) is 0 Å². The van der Waals surface area contributed by atoms with Gasteiger partial charge in [0.25, 0.3) is 0 Å². The van der Waals surface area contributed by atoms with E-state index in [2.05, 4.69) is 12.2 Å². The Morgan fingerprint density at radius 2 is 1.16 bits per heavy atom. The molecule has 2 nitrogen and oxygen atoms in total. The molecule has 6 aliphatic rings. The molecule has 2 heteroatoms. The molecule has 0 amide bonds. The Bertz CT molecular complexity index is 512. The Kier molecular flexibility index (Phi) is 1.83. The van der Waals surface area contributed by atoms with Crippen LogP contribution in [-0.4, -0.2) is 11.6 Å². The van der Waals surface area contributed by atoms with Gasteiger partial charge in [0.05, 0.1) is 0 Å². The lowest BCUT2D eigenvalue weighted by Gasteiger charge is -2.45. The number of hydrogen-bond acceptors (Lipinski definition) is 2. The van der Waals surface area contributed by atoms with E-state index in [4.69, 9.17) is 0 Å². The Morgan fingerprint density at radius 1 is 0.737 bits per heavy atom. The number of allylic oxidation sites excluding steroid dienone is 4. The van der Waals surface area contributed by atoms with Gasteiger partial charge in [-0.1, -0.05) is 12.2 Å². The van der Waals surface area contributed by atoms with Gasteiger partial charge in [0, 0.05) is 23.0 Å². The van der Waals surface area contributed by atoms with Crippen molar-refractivity contribution in [2.75, 3.05) is 0 Å². The lowest BCUT2D eigenvalue weighted by Crippen LogP contribution is -2.46. The van der Waals surface area contributed by atoms with E-state index in [9.17, 15) is 9.59 Å². The molecule has 2 saturated carbocycles. The second kappa shape index (κ2) is 3.28. The van der Waals surface area contributed by atoms with Gasteiger partial charge in [-0.2, -0.15) is 0 Å². The van der Waals surface area contributed by atoms with Gasteiger partial charge in [0.1, 0.15) is 0 Å². The molecule has 19 heavy (non-hydrogen) atoms. The first-order valence-electron chi connectivity index (χ1n) is 7.76. The Balaban J connectivity index is 1.70. The smallest absolute Gasteiger partial charge is 0.163 e. The quantitative estimate of drug-likeness (QED) is 0.623. The molecule has 0 heterocycles. The minimum Gasteiger partial charge on any atom is -0.294 e. The van der Waals surface area contributed by atoms with Crippen molar-refractivity contribution >= 4 is 11.6 Å². The summed E-state index contributed by atoms with van der Waals surface area (Å²) in [6.07, 6.45) is 10.0. The van der Waals surface area contributed by atoms with Crippen LogP contribution in [0.1, 0.15) is 32.1 Å². The Morgan fingerprint density at radius 3 is 1.58 bits per heavy atom. The second-order valence-corrected chi connectivity index (χ2v) is 7.10. The third-order valence-electron chi connectivity index (χ3n) is 6.43. The maximum atomic E-state index is 12.9. The van der Waals surface area contributed by atoms with E-state index in [-0.39, 0.29) is 11.8 Å². The molecule has 2 fully saturated rings. The number of hydrogen-bond donors (Lipinski definition) is 0. The van der Waals surface area contributed by atoms with Crippen molar-refractivity contribution in [3.05, 3.63) is 23.3 Å². The molecule has 0 radical (unpaired) electrons. The first-order chi connectivity index (χ1) is 9.25. The van der Waals surface area contributed by atoms with E-state index in [1.54, 1.807) is 0 Å². The van der Waals surface area contributed by atoms with Crippen LogP contribution in [0, 0.1) is 35.5 Å². The van der Waals surface area contributed by atoms with E-state index in [0.717, 1.165) is 43.3 Å². The molecule has 0 aromatic heterocycles. The van der Waals surface area contributed by atoms with Crippen LogP contribution >= 0.6 is 0 Å². The molecule has 0 N–H and O–H groups in total. The molecule has 0 spiro atoms. The summed E-state index contributed by atoms with van der Waals surface area (Å²) in [6, 6.07) is 0. The third-order valence-corrected chi connectivity index (χ3v) is 6.43. The fourth-order valence-corrected chi connectivity index (χ4v) is 5.67. The summed E-state index contributed by atoms with van der Waals surface area (Å²) in [6.45, 7) is 0. The van der Waals surface area contributed by atoms with Gasteiger partial charge < -0.3 is 0 Å². The topological polar surface area (TPSA) is 34.1 Å². The Labute approximate surface area is 112 Å². The minimum absolute atomic E-state index is 0.0144. The minimum atomic E-state index is 0.0144. The number of ketones is 2. The van der Waals surface area contributed by atoms with E-state index < -0.39 is 0 Å². The first-order valence-corrected chi connectivity index (χ1v) is 7.76. The second-order valence-electron chi connectivity index (χ2n) is 7.10. The highest BCUT2D eigenvalue weighted by Gasteiger charge is 2.58. The van der Waals surface area contributed by atoms with Crippen LogP contribution in [0.25, 0.3) is 0 Å². The average molecular weight is 254 g/mol. The highest BCUT2D eigenvalue weighted by molar-refractivity contribution is 6.15. The van der Waals surface area contributed by atoms with Crippen LogP contribution < -0.4 is 0 Å². The normalized spacial score (nSPS) is 49.9. The molecule has 0 aromatic rings. The highest BCUT2D eigenvalue weighted by Crippen LogP contribution is 2.57. The van der Waals surface area contributed by atoms with Crippen molar-refractivity contribution in [3.63, 3.8) is 0 Å². The molecule has 98 valence electrons. The van der Waals surface area contributed by atoms with Crippen LogP contribution in [0.2, 0.25) is 0 Å². The van der Waals surface area contributed by atoms with Crippen molar-refractivity contribution < 1.29 is 9.59 Å². The predicted molar refractivity (Wildman–Crippen MR) is 70.2 cm³/mol. The van der Waals surface area contributed by atoms with E-state index >= 15 is 0 Å². The number of carbonyl (C=O) groups is 2. The molecule has 6 rings (SSSR count). The maximum absolute atomic E-state index is 12.9. The van der Waals surface area contributed by atoms with Gasteiger partial charge in [-0.05, 0) is 55.8 Å². The monoisotopic (exact) mass is 254 g/mol. The van der Waals surface area contributed by atoms with Crippen LogP contribution in [0.3, 0.4) is 0 Å². The standard InChI is InChI=1S/C17H18O2/c18-16-12-8-1-2-9(4-3-8)13(12)17(19)15-11-6-5-10(7-11)14(15)16/h5-6,8-11,14-15H,1-4,7H2. The SMILES string of the molecule is O=C1C2=C(C(=O)C3C4C=CC(C4)C13)C1CCC2CC1. The number of fused-ring (bicyclic) bond motifs is 7. The highest BCUT2D eigenvalue weighted by atomic mass is 16.1. The fraction of sp³-hybridized carbons (Fsp3) is 0.647. The molecular formula is C17H18O2. The average Bonchev–Trinajstić information content (AvgIpc) is 3.06. The maximum Gasteiger partial charge on any atom is 0.163 e. The van der Waals surface area contributed by atoms with E-state index in [0.29, 0.717) is 35.2 Å². The number of rotatable bonds is 0. The van der Waals surface area contributed by atoms with Gasteiger partial charge in [0.2, 0.25) is 0 Å². The molecule has 4 atom stereocenters. The van der Waals surface area contributed by atoms with Crippen molar-refractivity contribution in [2.24, 2.45) is 35.5 Å². The van der Waals surface area contributed by atoms with Gasteiger partial charge >= 0.3 is 0 Å². The number of carbonyl (C=O) groups excluding carboxylic acids is 2. The lowest BCUT2D eigenvalue weighted by molar-refractivity contribution is -0.133. The molecule has 4 unspecified atom stereocenters. The van der Waals surface area contributed by atoms with Crippen molar-refractivity contribution in [3.8, 4) is 0 Å².